The van der Waals surface area contributed by atoms with Crippen molar-refractivity contribution in [1.82, 2.24) is 14.5 Å². The second-order valence-electron chi connectivity index (χ2n) is 6.29. The highest BCUT2D eigenvalue weighted by Gasteiger charge is 2.39. The SMILES string of the molecule is CC1CN(C(=O)NCCN2CCCS2(=O)=O)C1c1ccccc1. The van der Waals surface area contributed by atoms with Crippen molar-refractivity contribution in [3.63, 3.8) is 0 Å². The molecule has 0 radical (unpaired) electrons. The van der Waals surface area contributed by atoms with Crippen LogP contribution in [0.4, 0.5) is 4.79 Å². The number of nitrogens with one attached hydrogen (secondary N) is 1. The third-order valence-electron chi connectivity index (χ3n) is 4.60. The average Bonchev–Trinajstić information content (AvgIpc) is 2.84. The zero-order valence-corrected chi connectivity index (χ0v) is 14.1. The number of rotatable bonds is 4. The van der Waals surface area contributed by atoms with Gasteiger partial charge in [-0.05, 0) is 17.9 Å². The van der Waals surface area contributed by atoms with E-state index in [1.165, 1.54) is 4.31 Å². The van der Waals surface area contributed by atoms with Gasteiger partial charge in [0, 0.05) is 26.2 Å². The van der Waals surface area contributed by atoms with Gasteiger partial charge in [-0.15, -0.1) is 0 Å². The van der Waals surface area contributed by atoms with Gasteiger partial charge in [0.1, 0.15) is 0 Å². The van der Waals surface area contributed by atoms with Crippen LogP contribution in [0.5, 0.6) is 0 Å². The van der Waals surface area contributed by atoms with Crippen LogP contribution in [0.3, 0.4) is 0 Å². The van der Waals surface area contributed by atoms with E-state index in [2.05, 4.69) is 12.2 Å². The molecule has 0 aliphatic carbocycles. The van der Waals surface area contributed by atoms with Gasteiger partial charge in [0.05, 0.1) is 11.8 Å². The molecular weight excluding hydrogens is 314 g/mol. The minimum Gasteiger partial charge on any atom is -0.337 e. The van der Waals surface area contributed by atoms with E-state index in [-0.39, 0.29) is 17.8 Å². The van der Waals surface area contributed by atoms with Crippen molar-refractivity contribution in [2.75, 3.05) is 31.9 Å². The summed E-state index contributed by atoms with van der Waals surface area (Å²) in [5, 5.41) is 2.85. The van der Waals surface area contributed by atoms with Crippen LogP contribution in [0.15, 0.2) is 30.3 Å². The number of amides is 2. The Hall–Kier alpha value is -1.60. The number of hydrogen-bond donors (Lipinski definition) is 1. The minimum atomic E-state index is -3.09. The summed E-state index contributed by atoms with van der Waals surface area (Å²) in [6.45, 7) is 4.13. The first-order chi connectivity index (χ1) is 11.0. The molecule has 6 nitrogen and oxygen atoms in total. The van der Waals surface area contributed by atoms with Crippen LogP contribution < -0.4 is 5.32 Å². The van der Waals surface area contributed by atoms with Crippen LogP contribution in [0.2, 0.25) is 0 Å². The first kappa shape index (κ1) is 16.3. The summed E-state index contributed by atoms with van der Waals surface area (Å²) in [5.74, 6) is 0.655. The first-order valence-electron chi connectivity index (χ1n) is 8.06. The van der Waals surface area contributed by atoms with E-state index in [1.807, 2.05) is 35.2 Å². The van der Waals surface area contributed by atoms with E-state index >= 15 is 0 Å². The molecule has 126 valence electrons. The fourth-order valence-electron chi connectivity index (χ4n) is 3.39. The number of urea groups is 1. The molecule has 2 aliphatic rings. The third-order valence-corrected chi connectivity index (χ3v) is 6.56. The van der Waals surface area contributed by atoms with E-state index in [0.29, 0.717) is 32.0 Å². The molecule has 2 saturated heterocycles. The van der Waals surface area contributed by atoms with Crippen LogP contribution >= 0.6 is 0 Å². The monoisotopic (exact) mass is 337 g/mol. The lowest BCUT2D eigenvalue weighted by Gasteiger charge is -2.46. The number of sulfonamides is 1. The zero-order valence-electron chi connectivity index (χ0n) is 13.3. The molecule has 0 aromatic heterocycles. The van der Waals surface area contributed by atoms with E-state index in [4.69, 9.17) is 0 Å². The Morgan fingerprint density at radius 1 is 1.30 bits per heavy atom. The number of carbonyl (C=O) groups is 1. The summed E-state index contributed by atoms with van der Waals surface area (Å²) in [4.78, 5) is 14.2. The van der Waals surface area contributed by atoms with Gasteiger partial charge in [-0.3, -0.25) is 0 Å². The van der Waals surface area contributed by atoms with Crippen molar-refractivity contribution >= 4 is 16.1 Å². The highest BCUT2D eigenvalue weighted by Crippen LogP contribution is 2.38. The Labute approximate surface area is 137 Å². The Morgan fingerprint density at radius 2 is 2.04 bits per heavy atom. The molecular formula is C16H23N3O3S. The molecule has 2 unspecified atom stereocenters. The molecule has 2 heterocycles. The number of benzene rings is 1. The van der Waals surface area contributed by atoms with E-state index < -0.39 is 10.0 Å². The maximum absolute atomic E-state index is 12.3. The third kappa shape index (κ3) is 3.35. The molecule has 2 amide bonds. The van der Waals surface area contributed by atoms with Gasteiger partial charge in [-0.1, -0.05) is 37.3 Å². The van der Waals surface area contributed by atoms with Crippen LogP contribution in [-0.4, -0.2) is 55.6 Å². The molecule has 0 bridgehead atoms. The predicted molar refractivity (Wildman–Crippen MR) is 88.4 cm³/mol. The highest BCUT2D eigenvalue weighted by molar-refractivity contribution is 7.89. The van der Waals surface area contributed by atoms with E-state index in [0.717, 1.165) is 12.1 Å². The maximum atomic E-state index is 12.3. The molecule has 2 atom stereocenters. The van der Waals surface area contributed by atoms with Crippen molar-refractivity contribution in [1.29, 1.82) is 0 Å². The topological polar surface area (TPSA) is 69.7 Å². The Kier molecular flexibility index (Phi) is 4.59. The van der Waals surface area contributed by atoms with Gasteiger partial charge in [-0.2, -0.15) is 0 Å². The summed E-state index contributed by atoms with van der Waals surface area (Å²) in [5.41, 5.74) is 1.14. The second-order valence-corrected chi connectivity index (χ2v) is 8.37. The van der Waals surface area contributed by atoms with Crippen LogP contribution in [0.1, 0.15) is 24.9 Å². The first-order valence-corrected chi connectivity index (χ1v) is 9.67. The quantitative estimate of drug-likeness (QED) is 0.903. The molecule has 2 fully saturated rings. The van der Waals surface area contributed by atoms with Gasteiger partial charge in [0.2, 0.25) is 10.0 Å². The number of carbonyl (C=O) groups excluding carboxylic acids is 1. The normalized spacial score (nSPS) is 26.7. The fraction of sp³-hybridized carbons (Fsp3) is 0.562. The standard InChI is InChI=1S/C16H23N3O3S/c1-13-12-19(15(13)14-6-3-2-4-7-14)16(20)17-8-10-18-9-5-11-23(18,21)22/h2-4,6-7,13,15H,5,8-12H2,1H3,(H,17,20). The lowest BCUT2D eigenvalue weighted by Crippen LogP contribution is -2.55. The smallest absolute Gasteiger partial charge is 0.317 e. The largest absolute Gasteiger partial charge is 0.337 e. The van der Waals surface area contributed by atoms with E-state index in [1.54, 1.807) is 0 Å². The number of nitrogens with zero attached hydrogens (tertiary/aromatic N) is 2. The van der Waals surface area contributed by atoms with Crippen LogP contribution in [0, 0.1) is 5.92 Å². The Balaban J connectivity index is 1.53. The van der Waals surface area contributed by atoms with Gasteiger partial charge in [-0.25, -0.2) is 17.5 Å². The molecule has 7 heteroatoms. The summed E-state index contributed by atoms with van der Waals surface area (Å²) in [7, 11) is -3.09. The lowest BCUT2D eigenvalue weighted by molar-refractivity contribution is 0.0592. The van der Waals surface area contributed by atoms with Crippen LogP contribution in [0.25, 0.3) is 0 Å². The average molecular weight is 337 g/mol. The van der Waals surface area contributed by atoms with Crippen LogP contribution in [-0.2, 0) is 10.0 Å². The van der Waals surface area contributed by atoms with E-state index in [9.17, 15) is 13.2 Å². The molecule has 3 rings (SSSR count). The minimum absolute atomic E-state index is 0.103. The van der Waals surface area contributed by atoms with Crippen molar-refractivity contribution in [2.45, 2.75) is 19.4 Å². The Morgan fingerprint density at radius 3 is 2.65 bits per heavy atom. The van der Waals surface area contributed by atoms with Crippen molar-refractivity contribution in [2.24, 2.45) is 5.92 Å². The summed E-state index contributed by atoms with van der Waals surface area (Å²) < 4.78 is 24.9. The lowest BCUT2D eigenvalue weighted by atomic mass is 9.85. The van der Waals surface area contributed by atoms with Crippen molar-refractivity contribution < 1.29 is 13.2 Å². The molecule has 23 heavy (non-hydrogen) atoms. The molecule has 1 aromatic rings. The predicted octanol–water partition coefficient (Wildman–Crippen LogP) is 1.42. The molecule has 1 aromatic carbocycles. The van der Waals surface area contributed by atoms with Gasteiger partial charge < -0.3 is 10.2 Å². The van der Waals surface area contributed by atoms with Gasteiger partial charge in [0.25, 0.3) is 0 Å². The van der Waals surface area contributed by atoms with Gasteiger partial charge in [0.15, 0.2) is 0 Å². The summed E-state index contributed by atoms with van der Waals surface area (Å²) in [6, 6.07) is 9.99. The number of likely N-dealkylation sites (tertiary alicyclic amines) is 1. The Bertz CT molecular complexity index is 662. The fourth-order valence-corrected chi connectivity index (χ4v) is 4.92. The maximum Gasteiger partial charge on any atom is 0.317 e. The van der Waals surface area contributed by atoms with Crippen molar-refractivity contribution in [3.05, 3.63) is 35.9 Å². The highest BCUT2D eigenvalue weighted by atomic mass is 32.2. The second kappa shape index (κ2) is 6.49. The summed E-state index contributed by atoms with van der Waals surface area (Å²) >= 11 is 0. The van der Waals surface area contributed by atoms with Gasteiger partial charge >= 0.3 is 6.03 Å². The molecule has 0 spiro atoms. The summed E-state index contributed by atoms with van der Waals surface area (Å²) in [6.07, 6.45) is 0.677. The molecule has 0 saturated carbocycles. The van der Waals surface area contributed by atoms with Crippen molar-refractivity contribution in [3.8, 4) is 0 Å². The molecule has 1 N–H and O–H groups in total. The number of hydrogen-bond acceptors (Lipinski definition) is 3. The zero-order chi connectivity index (χ0) is 16.4. The molecule has 2 aliphatic heterocycles.